The molecule has 0 aliphatic carbocycles. The van der Waals surface area contributed by atoms with Crippen molar-refractivity contribution in [2.24, 2.45) is 0 Å². The zero-order valence-corrected chi connectivity index (χ0v) is 17.5. The number of ether oxygens (including phenoxy) is 1. The Bertz CT molecular complexity index is 997. The minimum absolute atomic E-state index is 0.0112. The summed E-state index contributed by atoms with van der Waals surface area (Å²) in [7, 11) is 1.62. The predicted octanol–water partition coefficient (Wildman–Crippen LogP) is 3.74. The molecule has 0 aliphatic rings. The van der Waals surface area contributed by atoms with E-state index in [1.807, 2.05) is 72.3 Å². The van der Waals surface area contributed by atoms with Crippen molar-refractivity contribution in [1.82, 2.24) is 14.5 Å². The fourth-order valence-corrected chi connectivity index (χ4v) is 3.09. The van der Waals surface area contributed by atoms with Gasteiger partial charge < -0.3 is 9.64 Å². The topological polar surface area (TPSA) is 76.5 Å². The molecular weight excluding hydrogens is 380 g/mol. The Hall–Kier alpha value is -3.61. The first-order valence-corrected chi connectivity index (χ1v) is 9.92. The van der Waals surface area contributed by atoms with Gasteiger partial charge in [0.15, 0.2) is 0 Å². The van der Waals surface area contributed by atoms with E-state index in [4.69, 9.17) is 4.74 Å². The van der Waals surface area contributed by atoms with Gasteiger partial charge in [-0.2, -0.15) is 0 Å². The Labute approximate surface area is 176 Å². The first-order valence-electron chi connectivity index (χ1n) is 9.92. The lowest BCUT2D eigenvalue weighted by Gasteiger charge is -2.19. The molecule has 7 heteroatoms. The Morgan fingerprint density at radius 3 is 2.37 bits per heavy atom. The molecule has 3 aromatic rings. The van der Waals surface area contributed by atoms with Gasteiger partial charge in [0, 0.05) is 30.4 Å². The summed E-state index contributed by atoms with van der Waals surface area (Å²) in [6, 6.07) is 17.2. The van der Waals surface area contributed by atoms with Gasteiger partial charge in [-0.3, -0.25) is 19.5 Å². The molecule has 0 aliphatic heterocycles. The number of anilines is 1. The van der Waals surface area contributed by atoms with Crippen LogP contribution in [0.4, 0.5) is 5.95 Å². The molecule has 0 fully saturated rings. The quantitative estimate of drug-likeness (QED) is 0.618. The third-order valence-corrected chi connectivity index (χ3v) is 4.75. The van der Waals surface area contributed by atoms with E-state index in [1.165, 1.54) is 4.90 Å². The van der Waals surface area contributed by atoms with Crippen LogP contribution in [-0.4, -0.2) is 46.5 Å². The molecule has 30 heavy (non-hydrogen) atoms. The highest BCUT2D eigenvalue weighted by Crippen LogP contribution is 2.26. The lowest BCUT2D eigenvalue weighted by atomic mass is 10.1. The number of amides is 2. The van der Waals surface area contributed by atoms with Crippen LogP contribution in [0.1, 0.15) is 20.3 Å². The fraction of sp³-hybridized carbons (Fsp3) is 0.261. The molecule has 2 amide bonds. The van der Waals surface area contributed by atoms with Crippen LogP contribution in [0.15, 0.2) is 60.8 Å². The number of carbonyl (C=O) groups is 2. The maximum Gasteiger partial charge on any atom is 0.246 e. The fourth-order valence-electron chi connectivity index (χ4n) is 3.09. The number of hydrogen-bond acceptors (Lipinski definition) is 4. The van der Waals surface area contributed by atoms with E-state index in [-0.39, 0.29) is 18.4 Å². The number of aromatic nitrogens is 2. The number of benzene rings is 2. The average Bonchev–Trinajstić information content (AvgIpc) is 3.21. The highest BCUT2D eigenvalue weighted by molar-refractivity contribution is 5.93. The highest BCUT2D eigenvalue weighted by Gasteiger charge is 2.17. The molecular formula is C23H26N4O3. The van der Waals surface area contributed by atoms with E-state index in [0.717, 1.165) is 17.0 Å². The summed E-state index contributed by atoms with van der Waals surface area (Å²) in [5, 5.41) is 2.86. The van der Waals surface area contributed by atoms with Crippen LogP contribution >= 0.6 is 0 Å². The predicted molar refractivity (Wildman–Crippen MR) is 117 cm³/mol. The van der Waals surface area contributed by atoms with Crippen molar-refractivity contribution in [1.29, 1.82) is 0 Å². The van der Waals surface area contributed by atoms with E-state index in [2.05, 4.69) is 10.3 Å². The summed E-state index contributed by atoms with van der Waals surface area (Å²) >= 11 is 0. The lowest BCUT2D eigenvalue weighted by Crippen LogP contribution is -2.37. The Balaban J connectivity index is 1.90. The number of carbonyl (C=O) groups excluding carboxylic acids is 2. The van der Waals surface area contributed by atoms with Crippen LogP contribution in [-0.2, 0) is 9.59 Å². The van der Waals surface area contributed by atoms with Crippen LogP contribution < -0.4 is 10.1 Å². The summed E-state index contributed by atoms with van der Waals surface area (Å²) in [6.45, 7) is 4.10. The summed E-state index contributed by atoms with van der Waals surface area (Å²) in [5.41, 5.74) is 2.49. The van der Waals surface area contributed by atoms with Crippen LogP contribution in [0.5, 0.6) is 5.75 Å². The van der Waals surface area contributed by atoms with Gasteiger partial charge in [0.05, 0.1) is 19.3 Å². The summed E-state index contributed by atoms with van der Waals surface area (Å²) in [5.74, 6) is 0.813. The number of para-hydroxylation sites is 1. The average molecular weight is 406 g/mol. The number of hydrogen-bond donors (Lipinski definition) is 1. The third kappa shape index (κ3) is 4.86. The molecule has 0 radical (unpaired) electrons. The molecule has 0 unspecified atom stereocenters. The molecule has 3 rings (SSSR count). The largest absolute Gasteiger partial charge is 0.497 e. The Morgan fingerprint density at radius 2 is 1.77 bits per heavy atom. The molecule has 0 saturated carbocycles. The SMILES string of the molecule is CCC(=O)N(CC)CC(=O)Nc1nc(-c2ccc(OC)cc2)cn1-c1ccccc1. The molecule has 0 saturated heterocycles. The van der Waals surface area contributed by atoms with Gasteiger partial charge in [-0.05, 0) is 43.3 Å². The van der Waals surface area contributed by atoms with E-state index in [1.54, 1.807) is 14.0 Å². The number of rotatable bonds is 8. The van der Waals surface area contributed by atoms with Crippen molar-refractivity contribution in [3.8, 4) is 22.7 Å². The zero-order chi connectivity index (χ0) is 21.5. The van der Waals surface area contributed by atoms with Crippen molar-refractivity contribution in [2.45, 2.75) is 20.3 Å². The molecule has 2 aromatic carbocycles. The first kappa shape index (κ1) is 21.1. The van der Waals surface area contributed by atoms with Gasteiger partial charge in [-0.25, -0.2) is 4.98 Å². The van der Waals surface area contributed by atoms with Gasteiger partial charge in [0.25, 0.3) is 0 Å². The second kappa shape index (κ2) is 9.73. The van der Waals surface area contributed by atoms with Gasteiger partial charge in [-0.1, -0.05) is 25.1 Å². The van der Waals surface area contributed by atoms with Gasteiger partial charge in [0.2, 0.25) is 17.8 Å². The number of imidazole rings is 1. The van der Waals surface area contributed by atoms with Crippen molar-refractivity contribution in [3.05, 3.63) is 60.8 Å². The second-order valence-electron chi connectivity index (χ2n) is 6.69. The van der Waals surface area contributed by atoms with Crippen LogP contribution in [0.3, 0.4) is 0 Å². The van der Waals surface area contributed by atoms with Crippen molar-refractivity contribution >= 4 is 17.8 Å². The molecule has 1 aromatic heterocycles. The van der Waals surface area contributed by atoms with Gasteiger partial charge in [-0.15, -0.1) is 0 Å². The van der Waals surface area contributed by atoms with Crippen LogP contribution in [0.25, 0.3) is 16.9 Å². The highest BCUT2D eigenvalue weighted by atomic mass is 16.5. The second-order valence-corrected chi connectivity index (χ2v) is 6.69. The molecule has 1 heterocycles. The molecule has 156 valence electrons. The molecule has 0 atom stereocenters. The molecule has 0 bridgehead atoms. The molecule has 7 nitrogen and oxygen atoms in total. The van der Waals surface area contributed by atoms with Crippen LogP contribution in [0.2, 0.25) is 0 Å². The van der Waals surface area contributed by atoms with E-state index >= 15 is 0 Å². The maximum absolute atomic E-state index is 12.6. The van der Waals surface area contributed by atoms with Crippen LogP contribution in [0, 0.1) is 0 Å². The third-order valence-electron chi connectivity index (χ3n) is 4.75. The minimum atomic E-state index is -0.289. The minimum Gasteiger partial charge on any atom is -0.497 e. The molecule has 1 N–H and O–H groups in total. The smallest absolute Gasteiger partial charge is 0.246 e. The monoisotopic (exact) mass is 406 g/mol. The Morgan fingerprint density at radius 1 is 1.07 bits per heavy atom. The first-order chi connectivity index (χ1) is 14.5. The summed E-state index contributed by atoms with van der Waals surface area (Å²) in [4.78, 5) is 30.8. The number of likely N-dealkylation sites (N-methyl/N-ethyl adjacent to an activating group) is 1. The van der Waals surface area contributed by atoms with Crippen molar-refractivity contribution in [3.63, 3.8) is 0 Å². The van der Waals surface area contributed by atoms with Crippen molar-refractivity contribution < 1.29 is 14.3 Å². The lowest BCUT2D eigenvalue weighted by molar-refractivity contribution is -0.134. The van der Waals surface area contributed by atoms with E-state index in [0.29, 0.717) is 24.6 Å². The van der Waals surface area contributed by atoms with Crippen molar-refractivity contribution in [2.75, 3.05) is 25.5 Å². The van der Waals surface area contributed by atoms with E-state index < -0.39 is 0 Å². The summed E-state index contributed by atoms with van der Waals surface area (Å²) < 4.78 is 7.05. The maximum atomic E-state index is 12.6. The number of methoxy groups -OCH3 is 1. The Kier molecular flexibility index (Phi) is 6.85. The summed E-state index contributed by atoms with van der Waals surface area (Å²) in [6.07, 6.45) is 2.24. The zero-order valence-electron chi connectivity index (χ0n) is 17.5. The standard InChI is InChI=1S/C23H26N4O3/c1-4-22(29)26(5-2)16-21(28)25-23-24-20(17-11-13-19(30-3)14-12-17)15-27(23)18-9-7-6-8-10-18/h6-15H,4-5,16H2,1-3H3,(H,24,25,28). The van der Waals surface area contributed by atoms with E-state index in [9.17, 15) is 9.59 Å². The van der Waals surface area contributed by atoms with Gasteiger partial charge >= 0.3 is 0 Å². The van der Waals surface area contributed by atoms with Gasteiger partial charge in [0.1, 0.15) is 5.75 Å². The molecule has 0 spiro atoms. The number of nitrogens with zero attached hydrogens (tertiary/aromatic N) is 3. The number of nitrogens with one attached hydrogen (secondary N) is 1. The normalized spacial score (nSPS) is 10.5.